The van der Waals surface area contributed by atoms with E-state index in [1.54, 1.807) is 18.3 Å². The van der Waals surface area contributed by atoms with Crippen LogP contribution in [0.5, 0.6) is 0 Å². The van der Waals surface area contributed by atoms with Gasteiger partial charge in [-0.05, 0) is 24.1 Å². The van der Waals surface area contributed by atoms with Crippen molar-refractivity contribution in [2.24, 2.45) is 5.10 Å². The molecular formula is C23H37ClN2O. The fourth-order valence-corrected chi connectivity index (χ4v) is 3.21. The van der Waals surface area contributed by atoms with E-state index in [9.17, 15) is 4.79 Å². The molecule has 0 aliphatic heterocycles. The SMILES string of the molecule is CCCCCCCCCCCCCCCC(=O)NN=Cc1ccc(Cl)cc1. The molecule has 0 aliphatic carbocycles. The number of amides is 1. The maximum atomic E-state index is 11.7. The highest BCUT2D eigenvalue weighted by atomic mass is 35.5. The fourth-order valence-electron chi connectivity index (χ4n) is 3.09. The highest BCUT2D eigenvalue weighted by Gasteiger charge is 1.99. The van der Waals surface area contributed by atoms with Gasteiger partial charge in [0.1, 0.15) is 0 Å². The first-order valence-electron chi connectivity index (χ1n) is 10.8. The largest absolute Gasteiger partial charge is 0.273 e. The maximum absolute atomic E-state index is 11.7. The molecule has 0 atom stereocenters. The number of rotatable bonds is 16. The minimum atomic E-state index is -0.0108. The molecule has 0 aliphatic rings. The average molecular weight is 393 g/mol. The van der Waals surface area contributed by atoms with Crippen LogP contribution in [0.1, 0.15) is 102 Å². The second kappa shape index (κ2) is 16.8. The fraction of sp³-hybridized carbons (Fsp3) is 0.652. The molecule has 1 N–H and O–H groups in total. The number of hydrogen-bond acceptors (Lipinski definition) is 2. The summed E-state index contributed by atoms with van der Waals surface area (Å²) in [7, 11) is 0. The standard InChI is InChI=1S/C23H37ClN2O/c1-2-3-4-5-6-7-8-9-10-11-12-13-14-15-23(27)26-25-20-21-16-18-22(24)19-17-21/h16-20H,2-15H2,1H3,(H,26,27). The van der Waals surface area contributed by atoms with Crippen LogP contribution < -0.4 is 5.43 Å². The zero-order valence-corrected chi connectivity index (χ0v) is 17.8. The Morgan fingerprint density at radius 2 is 1.33 bits per heavy atom. The van der Waals surface area contributed by atoms with E-state index < -0.39 is 0 Å². The topological polar surface area (TPSA) is 41.5 Å². The summed E-state index contributed by atoms with van der Waals surface area (Å²) in [6, 6.07) is 7.34. The van der Waals surface area contributed by atoms with Gasteiger partial charge in [0.05, 0.1) is 6.21 Å². The minimum Gasteiger partial charge on any atom is -0.273 e. The van der Waals surface area contributed by atoms with E-state index in [0.717, 1.165) is 18.4 Å². The van der Waals surface area contributed by atoms with Crippen LogP contribution in [0, 0.1) is 0 Å². The molecule has 4 heteroatoms. The van der Waals surface area contributed by atoms with Crippen molar-refractivity contribution >= 4 is 23.7 Å². The van der Waals surface area contributed by atoms with E-state index in [1.807, 2.05) is 12.1 Å². The summed E-state index contributed by atoms with van der Waals surface area (Å²) < 4.78 is 0. The van der Waals surface area contributed by atoms with Gasteiger partial charge >= 0.3 is 0 Å². The Hall–Kier alpha value is -1.35. The molecule has 0 bridgehead atoms. The molecular weight excluding hydrogens is 356 g/mol. The van der Waals surface area contributed by atoms with Crippen LogP contribution in [0.4, 0.5) is 0 Å². The number of hydrazone groups is 1. The van der Waals surface area contributed by atoms with Crippen molar-refractivity contribution in [1.29, 1.82) is 0 Å². The zero-order chi connectivity index (χ0) is 19.6. The number of halogens is 1. The van der Waals surface area contributed by atoms with Crippen molar-refractivity contribution in [3.05, 3.63) is 34.9 Å². The molecule has 0 unspecified atom stereocenters. The molecule has 3 nitrogen and oxygen atoms in total. The van der Waals surface area contributed by atoms with Crippen molar-refractivity contribution in [1.82, 2.24) is 5.43 Å². The smallest absolute Gasteiger partial charge is 0.240 e. The summed E-state index contributed by atoms with van der Waals surface area (Å²) in [4.78, 5) is 11.7. The maximum Gasteiger partial charge on any atom is 0.240 e. The zero-order valence-electron chi connectivity index (χ0n) is 17.0. The third-order valence-corrected chi connectivity index (χ3v) is 5.03. The lowest BCUT2D eigenvalue weighted by Gasteiger charge is -2.03. The first-order chi connectivity index (χ1) is 13.2. The number of unbranched alkanes of at least 4 members (excludes halogenated alkanes) is 12. The summed E-state index contributed by atoms with van der Waals surface area (Å²) >= 11 is 5.83. The lowest BCUT2D eigenvalue weighted by Crippen LogP contribution is -2.16. The van der Waals surface area contributed by atoms with Gasteiger partial charge in [-0.15, -0.1) is 0 Å². The number of nitrogens with one attached hydrogen (secondary N) is 1. The van der Waals surface area contributed by atoms with Gasteiger partial charge in [-0.3, -0.25) is 4.79 Å². The molecule has 0 aromatic heterocycles. The molecule has 1 rings (SSSR count). The van der Waals surface area contributed by atoms with Crippen molar-refractivity contribution in [3.8, 4) is 0 Å². The van der Waals surface area contributed by atoms with Gasteiger partial charge in [-0.25, -0.2) is 5.43 Å². The summed E-state index contributed by atoms with van der Waals surface area (Å²) in [5.74, 6) is -0.0108. The van der Waals surface area contributed by atoms with Gasteiger partial charge < -0.3 is 0 Å². The van der Waals surface area contributed by atoms with Crippen molar-refractivity contribution in [3.63, 3.8) is 0 Å². The predicted octanol–water partition coefficient (Wildman–Crippen LogP) is 7.27. The molecule has 0 saturated heterocycles. The van der Waals surface area contributed by atoms with Crippen LogP contribution >= 0.6 is 11.6 Å². The molecule has 0 saturated carbocycles. The Labute approximate surface area is 171 Å². The summed E-state index contributed by atoms with van der Waals surface area (Å²) in [5, 5.41) is 4.68. The Kier molecular flexibility index (Phi) is 14.7. The molecule has 1 aromatic carbocycles. The first kappa shape index (κ1) is 23.7. The number of hydrogen-bond donors (Lipinski definition) is 1. The van der Waals surface area contributed by atoms with Crippen LogP contribution in [0.2, 0.25) is 5.02 Å². The Bertz CT molecular complexity index is 514. The molecule has 0 fully saturated rings. The summed E-state index contributed by atoms with van der Waals surface area (Å²) in [5.41, 5.74) is 3.50. The van der Waals surface area contributed by atoms with Gasteiger partial charge in [-0.1, -0.05) is 108 Å². The number of carbonyl (C=O) groups excluding carboxylic acids is 1. The summed E-state index contributed by atoms with van der Waals surface area (Å²) in [6.07, 6.45) is 19.3. The minimum absolute atomic E-state index is 0.0108. The monoisotopic (exact) mass is 392 g/mol. The van der Waals surface area contributed by atoms with Crippen molar-refractivity contribution < 1.29 is 4.79 Å². The number of nitrogens with zero attached hydrogens (tertiary/aromatic N) is 1. The molecule has 0 heterocycles. The molecule has 1 amide bonds. The quantitative estimate of drug-likeness (QED) is 0.179. The highest BCUT2D eigenvalue weighted by Crippen LogP contribution is 2.13. The van der Waals surface area contributed by atoms with Crippen LogP contribution in [-0.2, 0) is 4.79 Å². The summed E-state index contributed by atoms with van der Waals surface area (Å²) in [6.45, 7) is 2.27. The second-order valence-electron chi connectivity index (χ2n) is 7.34. The van der Waals surface area contributed by atoms with Gasteiger partial charge in [0.15, 0.2) is 0 Å². The van der Waals surface area contributed by atoms with E-state index in [-0.39, 0.29) is 5.91 Å². The van der Waals surface area contributed by atoms with Crippen molar-refractivity contribution in [2.75, 3.05) is 0 Å². The number of benzene rings is 1. The van der Waals surface area contributed by atoms with E-state index in [1.165, 1.54) is 70.6 Å². The van der Waals surface area contributed by atoms with E-state index in [2.05, 4.69) is 17.5 Å². The highest BCUT2D eigenvalue weighted by molar-refractivity contribution is 6.30. The molecule has 1 aromatic rings. The van der Waals surface area contributed by atoms with Crippen LogP contribution in [0.15, 0.2) is 29.4 Å². The molecule has 0 spiro atoms. The van der Waals surface area contributed by atoms with E-state index >= 15 is 0 Å². The third kappa shape index (κ3) is 14.4. The van der Waals surface area contributed by atoms with E-state index in [4.69, 9.17) is 11.6 Å². The predicted molar refractivity (Wildman–Crippen MR) is 118 cm³/mol. The first-order valence-corrected chi connectivity index (χ1v) is 11.2. The van der Waals surface area contributed by atoms with Crippen molar-refractivity contribution in [2.45, 2.75) is 96.8 Å². The van der Waals surface area contributed by atoms with Gasteiger partial charge in [0.25, 0.3) is 0 Å². The molecule has 152 valence electrons. The molecule has 0 radical (unpaired) electrons. The third-order valence-electron chi connectivity index (χ3n) is 4.78. The number of carbonyl (C=O) groups is 1. The Morgan fingerprint density at radius 1 is 0.852 bits per heavy atom. The Morgan fingerprint density at radius 3 is 1.85 bits per heavy atom. The van der Waals surface area contributed by atoms with Gasteiger partial charge in [0, 0.05) is 11.4 Å². The second-order valence-corrected chi connectivity index (χ2v) is 7.77. The lowest BCUT2D eigenvalue weighted by molar-refractivity contribution is -0.121. The lowest BCUT2D eigenvalue weighted by atomic mass is 10.0. The average Bonchev–Trinajstić information content (AvgIpc) is 2.67. The van der Waals surface area contributed by atoms with Gasteiger partial charge in [0.2, 0.25) is 5.91 Å². The Balaban J connectivity index is 1.87. The van der Waals surface area contributed by atoms with Gasteiger partial charge in [-0.2, -0.15) is 5.10 Å². The van der Waals surface area contributed by atoms with E-state index in [0.29, 0.717) is 11.4 Å². The van der Waals surface area contributed by atoms with Crippen LogP contribution in [-0.4, -0.2) is 12.1 Å². The van der Waals surface area contributed by atoms with Crippen LogP contribution in [0.25, 0.3) is 0 Å². The van der Waals surface area contributed by atoms with Crippen LogP contribution in [0.3, 0.4) is 0 Å². The normalized spacial score (nSPS) is 11.2. The molecule has 27 heavy (non-hydrogen) atoms.